The lowest BCUT2D eigenvalue weighted by Crippen LogP contribution is -2.13. The van der Waals surface area contributed by atoms with Gasteiger partial charge in [-0.3, -0.25) is 13.7 Å². The molecule has 2 aromatic rings. The lowest BCUT2D eigenvalue weighted by atomic mass is 10.1. The summed E-state index contributed by atoms with van der Waals surface area (Å²) >= 11 is 0. The minimum Gasteiger partial charge on any atom is -0.507 e. The Morgan fingerprint density at radius 2 is 1.50 bits per heavy atom. The van der Waals surface area contributed by atoms with Crippen molar-refractivity contribution in [3.63, 3.8) is 0 Å². The Balaban J connectivity index is 2.71. The fourth-order valence-electron chi connectivity index (χ4n) is 2.23. The van der Waals surface area contributed by atoms with Gasteiger partial charge < -0.3 is 10.4 Å². The molecule has 0 fully saturated rings. The lowest BCUT2D eigenvalue weighted by Gasteiger charge is -2.13. The Bertz CT molecular complexity index is 1180. The molecule has 5 N–H and O–H groups in total. The van der Waals surface area contributed by atoms with Crippen LogP contribution in [-0.2, 0) is 36.1 Å². The number of anilines is 1. The highest BCUT2D eigenvalue weighted by atomic mass is 32.2. The molecule has 0 aliphatic rings. The maximum atomic E-state index is 11.5. The summed E-state index contributed by atoms with van der Waals surface area (Å²) in [6.45, 7) is 0. The molecule has 0 spiro atoms. The van der Waals surface area contributed by atoms with Crippen LogP contribution in [0.4, 0.5) is 5.69 Å². The molecule has 0 heterocycles. The van der Waals surface area contributed by atoms with Gasteiger partial charge >= 0.3 is 0 Å². The van der Waals surface area contributed by atoms with Gasteiger partial charge in [-0.1, -0.05) is 6.07 Å². The average Bonchev–Trinajstić information content (AvgIpc) is 2.45. The molecule has 2 aromatic carbocycles. The van der Waals surface area contributed by atoms with E-state index in [1.807, 2.05) is 0 Å². The van der Waals surface area contributed by atoms with E-state index < -0.39 is 58.2 Å². The van der Waals surface area contributed by atoms with Gasteiger partial charge in [0.25, 0.3) is 30.4 Å². The van der Waals surface area contributed by atoms with Crippen molar-refractivity contribution in [2.75, 3.05) is 11.2 Å². The van der Waals surface area contributed by atoms with Crippen molar-refractivity contribution in [1.29, 1.82) is 0 Å². The molecule has 0 saturated heterocycles. The Morgan fingerprint density at radius 3 is 2.00 bits per heavy atom. The van der Waals surface area contributed by atoms with Crippen molar-refractivity contribution in [3.05, 3.63) is 29.8 Å². The van der Waals surface area contributed by atoms with Crippen LogP contribution in [0, 0.1) is 0 Å². The molecule has 0 aromatic heterocycles. The zero-order chi connectivity index (χ0) is 19.9. The summed E-state index contributed by atoms with van der Waals surface area (Å²) in [7, 11) is -14.0. The molecule has 26 heavy (non-hydrogen) atoms. The Morgan fingerprint density at radius 1 is 0.885 bits per heavy atom. The quantitative estimate of drug-likeness (QED) is 0.401. The maximum Gasteiger partial charge on any atom is 0.294 e. The molecule has 144 valence electrons. The smallest absolute Gasteiger partial charge is 0.294 e. The molecule has 2 rings (SSSR count). The average molecular weight is 427 g/mol. The van der Waals surface area contributed by atoms with Gasteiger partial charge in [-0.05, 0) is 23.6 Å². The lowest BCUT2D eigenvalue weighted by molar-refractivity contribution is 0.459. The van der Waals surface area contributed by atoms with Gasteiger partial charge in [0.2, 0.25) is 0 Å². The predicted octanol–water partition coefficient (Wildman–Crippen LogP) is 0.437. The van der Waals surface area contributed by atoms with Crippen LogP contribution in [0.5, 0.6) is 5.75 Å². The van der Waals surface area contributed by atoms with Crippen molar-refractivity contribution in [1.82, 2.24) is 0 Å². The Kier molecular flexibility index (Phi) is 5.19. The van der Waals surface area contributed by atoms with E-state index >= 15 is 0 Å². The second kappa shape index (κ2) is 6.64. The summed E-state index contributed by atoms with van der Waals surface area (Å²) < 4.78 is 93.6. The second-order valence-corrected chi connectivity index (χ2v) is 9.54. The first-order valence-electron chi connectivity index (χ1n) is 6.58. The zero-order valence-electron chi connectivity index (χ0n) is 12.7. The molecule has 0 aliphatic carbocycles. The van der Waals surface area contributed by atoms with Crippen LogP contribution in [0.2, 0.25) is 0 Å². The van der Waals surface area contributed by atoms with E-state index in [0.29, 0.717) is 0 Å². The van der Waals surface area contributed by atoms with Crippen LogP contribution in [0.25, 0.3) is 10.8 Å². The van der Waals surface area contributed by atoms with Gasteiger partial charge in [-0.2, -0.15) is 25.3 Å². The molecule has 14 heteroatoms. The Hall–Kier alpha value is -1.97. The highest BCUT2D eigenvalue weighted by Crippen LogP contribution is 2.36. The van der Waals surface area contributed by atoms with Crippen molar-refractivity contribution >= 4 is 46.8 Å². The fraction of sp³-hybridized carbons (Fsp3) is 0.167. The van der Waals surface area contributed by atoms with Gasteiger partial charge in [-0.15, -0.1) is 0 Å². The first-order chi connectivity index (χ1) is 11.7. The van der Waals surface area contributed by atoms with Crippen LogP contribution in [0.1, 0.15) is 5.56 Å². The predicted molar refractivity (Wildman–Crippen MR) is 90.7 cm³/mol. The molecule has 0 aliphatic heterocycles. The first kappa shape index (κ1) is 20.3. The van der Waals surface area contributed by atoms with Gasteiger partial charge in [-0.25, -0.2) is 0 Å². The van der Waals surface area contributed by atoms with Gasteiger partial charge in [0.15, 0.2) is 0 Å². The molecular weight excluding hydrogens is 414 g/mol. The molecule has 0 radical (unpaired) electrons. The largest absolute Gasteiger partial charge is 0.507 e. The number of fused-ring (bicyclic) bond motifs is 1. The molecule has 0 amide bonds. The van der Waals surface area contributed by atoms with Crippen LogP contribution in [-0.4, -0.2) is 49.9 Å². The minimum absolute atomic E-state index is 0.0756. The summed E-state index contributed by atoms with van der Waals surface area (Å²) in [4.78, 5) is -0.904. The number of hydrogen-bond donors (Lipinski definition) is 5. The standard InChI is InChI=1S/C12H13NO10S3/c14-12-9-4-8(13-6-25(18,19)20)2-1-7(9)3-11(26(21,22)23)10(12)5-24(15,16)17/h1-4,13-14H,5-6H2,(H,15,16,17)(H,18,19,20)(H,21,22,23). The molecule has 11 nitrogen and oxygen atoms in total. The number of rotatable bonds is 6. The maximum absolute atomic E-state index is 11.5. The third kappa shape index (κ3) is 5.03. The third-order valence-corrected chi connectivity index (χ3v) is 5.32. The highest BCUT2D eigenvalue weighted by molar-refractivity contribution is 7.86. The van der Waals surface area contributed by atoms with E-state index in [9.17, 15) is 34.9 Å². The summed E-state index contributed by atoms with van der Waals surface area (Å²) in [5.41, 5.74) is -0.655. The third-order valence-electron chi connectivity index (χ3n) is 3.24. The van der Waals surface area contributed by atoms with E-state index in [0.717, 1.165) is 12.1 Å². The van der Waals surface area contributed by atoms with E-state index in [1.54, 1.807) is 0 Å². The van der Waals surface area contributed by atoms with Gasteiger partial charge in [0.05, 0.1) is 0 Å². The summed E-state index contributed by atoms with van der Waals surface area (Å²) in [6, 6.07) is 4.60. The van der Waals surface area contributed by atoms with Crippen molar-refractivity contribution in [2.45, 2.75) is 10.6 Å². The van der Waals surface area contributed by atoms with Crippen molar-refractivity contribution < 1.29 is 44.0 Å². The van der Waals surface area contributed by atoms with E-state index in [2.05, 4.69) is 5.32 Å². The molecule has 0 saturated carbocycles. The van der Waals surface area contributed by atoms with Crippen LogP contribution in [0.3, 0.4) is 0 Å². The number of nitrogens with one attached hydrogen (secondary N) is 1. The van der Waals surface area contributed by atoms with Crippen molar-refractivity contribution in [2.24, 2.45) is 0 Å². The van der Waals surface area contributed by atoms with E-state index in [-0.39, 0.29) is 16.5 Å². The van der Waals surface area contributed by atoms with Gasteiger partial charge in [0, 0.05) is 16.6 Å². The molecule has 0 unspecified atom stereocenters. The number of benzene rings is 2. The normalized spacial score (nSPS) is 13.0. The molecular formula is C12H13NO10S3. The fourth-order valence-corrected chi connectivity index (χ4v) is 4.08. The monoisotopic (exact) mass is 427 g/mol. The van der Waals surface area contributed by atoms with E-state index in [4.69, 9.17) is 9.11 Å². The number of phenolic OH excluding ortho intramolecular Hbond substituents is 1. The second-order valence-electron chi connectivity index (χ2n) is 5.24. The van der Waals surface area contributed by atoms with E-state index in [1.165, 1.54) is 12.1 Å². The van der Waals surface area contributed by atoms with Crippen LogP contribution >= 0.6 is 0 Å². The minimum atomic E-state index is -4.92. The van der Waals surface area contributed by atoms with Crippen LogP contribution in [0.15, 0.2) is 29.2 Å². The number of aromatic hydroxyl groups is 1. The first-order valence-corrected chi connectivity index (χ1v) is 11.2. The Labute approximate surface area is 148 Å². The molecule has 0 atom stereocenters. The van der Waals surface area contributed by atoms with Gasteiger partial charge in [0.1, 0.15) is 22.3 Å². The number of phenols is 1. The molecule has 0 bridgehead atoms. The summed E-state index contributed by atoms with van der Waals surface area (Å²) in [5, 5.41) is 12.6. The number of hydrogen-bond acceptors (Lipinski definition) is 8. The highest BCUT2D eigenvalue weighted by Gasteiger charge is 2.25. The zero-order valence-corrected chi connectivity index (χ0v) is 15.1. The SMILES string of the molecule is O=S(=O)(O)CNc1ccc2cc(S(=O)(=O)O)c(CS(=O)(=O)O)c(O)c2c1. The summed E-state index contributed by atoms with van der Waals surface area (Å²) in [5.74, 6) is -2.98. The topological polar surface area (TPSA) is 195 Å². The van der Waals surface area contributed by atoms with Crippen LogP contribution < -0.4 is 5.32 Å². The summed E-state index contributed by atoms with van der Waals surface area (Å²) in [6.07, 6.45) is 0. The van der Waals surface area contributed by atoms with Crippen molar-refractivity contribution in [3.8, 4) is 5.75 Å².